The summed E-state index contributed by atoms with van der Waals surface area (Å²) in [5, 5.41) is 0. The van der Waals surface area contributed by atoms with Crippen LogP contribution in [0.4, 0.5) is 0 Å². The summed E-state index contributed by atoms with van der Waals surface area (Å²) < 4.78 is 0. The topological polar surface area (TPSA) is 0 Å². The van der Waals surface area contributed by atoms with Crippen molar-refractivity contribution in [1.82, 2.24) is 0 Å². The maximum Gasteiger partial charge on any atom is -0.00252 e. The van der Waals surface area contributed by atoms with Gasteiger partial charge in [0.05, 0.1) is 0 Å². The summed E-state index contributed by atoms with van der Waals surface area (Å²) in [6.45, 7) is 18.1. The van der Waals surface area contributed by atoms with Crippen LogP contribution < -0.4 is 0 Å². The van der Waals surface area contributed by atoms with Crippen molar-refractivity contribution in [2.24, 2.45) is 0 Å². The van der Waals surface area contributed by atoms with Gasteiger partial charge >= 0.3 is 0 Å². The molecular formula is C20H24. The number of allylic oxidation sites excluding steroid dienone is 7. The van der Waals surface area contributed by atoms with Gasteiger partial charge in [-0.2, -0.15) is 0 Å². The van der Waals surface area contributed by atoms with Crippen LogP contribution in [0, 0.1) is 6.92 Å². The van der Waals surface area contributed by atoms with Crippen molar-refractivity contribution in [1.29, 1.82) is 0 Å². The lowest BCUT2D eigenvalue weighted by atomic mass is 10.0. The van der Waals surface area contributed by atoms with E-state index in [1.807, 2.05) is 30.4 Å². The predicted octanol–water partition coefficient (Wildman–Crippen LogP) is 5.95. The summed E-state index contributed by atoms with van der Waals surface area (Å²) >= 11 is 0. The van der Waals surface area contributed by atoms with E-state index in [-0.39, 0.29) is 0 Å². The first-order valence-corrected chi connectivity index (χ1v) is 6.86. The smallest absolute Gasteiger partial charge is 0.00252 e. The Kier molecular flexibility index (Phi) is 5.99. The van der Waals surface area contributed by atoms with E-state index in [9.17, 15) is 0 Å². The van der Waals surface area contributed by atoms with Crippen LogP contribution in [0.2, 0.25) is 0 Å². The first-order chi connectivity index (χ1) is 9.47. The van der Waals surface area contributed by atoms with Gasteiger partial charge in [0.1, 0.15) is 0 Å². The number of aryl methyl sites for hydroxylation is 1. The molecule has 1 fully saturated rings. The van der Waals surface area contributed by atoms with Gasteiger partial charge in [-0.1, -0.05) is 73.4 Å². The van der Waals surface area contributed by atoms with E-state index >= 15 is 0 Å². The van der Waals surface area contributed by atoms with Gasteiger partial charge in [0.15, 0.2) is 0 Å². The molecule has 0 saturated heterocycles. The molecule has 0 radical (unpaired) electrons. The molecule has 0 heteroatoms. The second-order valence-corrected chi connectivity index (χ2v) is 5.23. The molecule has 0 aromatic heterocycles. The van der Waals surface area contributed by atoms with Crippen LogP contribution in [0.1, 0.15) is 25.8 Å². The summed E-state index contributed by atoms with van der Waals surface area (Å²) in [5.41, 5.74) is 7.43. The van der Waals surface area contributed by atoms with Gasteiger partial charge in [0.25, 0.3) is 0 Å². The highest BCUT2D eigenvalue weighted by molar-refractivity contribution is 5.64. The third kappa shape index (κ3) is 4.24. The molecule has 0 N–H and O–H groups in total. The lowest BCUT2D eigenvalue weighted by Crippen LogP contribution is -1.84. The summed E-state index contributed by atoms with van der Waals surface area (Å²) in [6.07, 6.45) is 4.73. The first-order valence-electron chi connectivity index (χ1n) is 6.86. The molecule has 20 heavy (non-hydrogen) atoms. The molecule has 0 spiro atoms. The van der Waals surface area contributed by atoms with Crippen molar-refractivity contribution in [2.45, 2.75) is 27.2 Å². The molecule has 0 unspecified atom stereocenters. The molecule has 1 aromatic rings. The van der Waals surface area contributed by atoms with Crippen molar-refractivity contribution in [3.8, 4) is 0 Å². The Morgan fingerprint density at radius 1 is 1.05 bits per heavy atom. The number of rotatable bonds is 1. The number of hydrogen-bond donors (Lipinski definition) is 0. The monoisotopic (exact) mass is 264 g/mol. The highest BCUT2D eigenvalue weighted by Crippen LogP contribution is 2.39. The summed E-state index contributed by atoms with van der Waals surface area (Å²) in [6, 6.07) is 10.3. The Morgan fingerprint density at radius 2 is 1.65 bits per heavy atom. The van der Waals surface area contributed by atoms with Gasteiger partial charge in [-0.15, -0.1) is 0 Å². The van der Waals surface area contributed by atoms with E-state index in [0.29, 0.717) is 0 Å². The molecule has 1 saturated carbocycles. The van der Waals surface area contributed by atoms with Crippen LogP contribution in [-0.4, -0.2) is 0 Å². The zero-order valence-electron chi connectivity index (χ0n) is 12.9. The van der Waals surface area contributed by atoms with Gasteiger partial charge in [-0.25, -0.2) is 0 Å². The maximum absolute atomic E-state index is 4.05. The predicted molar refractivity (Wildman–Crippen MR) is 90.7 cm³/mol. The number of benzene rings is 1. The Bertz CT molecular complexity index is 561. The van der Waals surface area contributed by atoms with Crippen molar-refractivity contribution in [2.75, 3.05) is 0 Å². The maximum atomic E-state index is 4.05. The molecule has 0 bridgehead atoms. The van der Waals surface area contributed by atoms with Crippen LogP contribution in [-0.2, 0) is 0 Å². The molecule has 1 aliphatic carbocycles. The Hall–Kier alpha value is -2.08. The first kappa shape index (κ1) is 16.0. The van der Waals surface area contributed by atoms with Crippen LogP contribution in [0.25, 0.3) is 0 Å². The van der Waals surface area contributed by atoms with Crippen LogP contribution in [0.5, 0.6) is 0 Å². The van der Waals surface area contributed by atoms with E-state index in [0.717, 1.165) is 12.0 Å². The molecule has 2 rings (SSSR count). The highest BCUT2D eigenvalue weighted by atomic mass is 14.2. The van der Waals surface area contributed by atoms with Gasteiger partial charge < -0.3 is 0 Å². The quantitative estimate of drug-likeness (QED) is 0.588. The molecule has 1 aliphatic rings. The van der Waals surface area contributed by atoms with Gasteiger partial charge in [-0.05, 0) is 49.5 Å². The van der Waals surface area contributed by atoms with Crippen LogP contribution >= 0.6 is 0 Å². The average Bonchev–Trinajstić information content (AvgIpc) is 2.66. The highest BCUT2D eigenvalue weighted by Gasteiger charge is 2.21. The SMILES string of the molecule is C=C/C=C1\C(=C)CC(=C)C1=C(C)C.Cc1ccccc1. The van der Waals surface area contributed by atoms with Crippen LogP contribution in [0.15, 0.2) is 90.1 Å². The third-order valence-electron chi connectivity index (χ3n) is 3.16. The molecule has 1 aromatic carbocycles. The fourth-order valence-corrected chi connectivity index (χ4v) is 2.28. The van der Waals surface area contributed by atoms with Crippen LogP contribution in [0.3, 0.4) is 0 Å². The number of hydrogen-bond acceptors (Lipinski definition) is 0. The minimum absolute atomic E-state index is 0.903. The molecule has 0 amide bonds. The molecule has 0 aliphatic heterocycles. The average molecular weight is 264 g/mol. The minimum Gasteiger partial charge on any atom is -0.0990 e. The molecule has 0 atom stereocenters. The summed E-state index contributed by atoms with van der Waals surface area (Å²) in [5.74, 6) is 0. The van der Waals surface area contributed by atoms with Crippen molar-refractivity contribution >= 4 is 0 Å². The zero-order chi connectivity index (χ0) is 15.1. The second-order valence-electron chi connectivity index (χ2n) is 5.23. The van der Waals surface area contributed by atoms with E-state index in [2.05, 4.69) is 52.6 Å². The normalized spacial score (nSPS) is 15.9. The fourth-order valence-electron chi connectivity index (χ4n) is 2.28. The van der Waals surface area contributed by atoms with Gasteiger partial charge in [-0.3, -0.25) is 0 Å². The molecular weight excluding hydrogens is 240 g/mol. The van der Waals surface area contributed by atoms with E-state index in [1.54, 1.807) is 0 Å². The molecule has 104 valence electrons. The van der Waals surface area contributed by atoms with Gasteiger partial charge in [0, 0.05) is 0 Å². The Balaban J connectivity index is 0.000000240. The summed E-state index contributed by atoms with van der Waals surface area (Å²) in [7, 11) is 0. The zero-order valence-corrected chi connectivity index (χ0v) is 12.9. The Labute approximate surface area is 123 Å². The minimum atomic E-state index is 0.903. The van der Waals surface area contributed by atoms with E-state index in [4.69, 9.17) is 0 Å². The van der Waals surface area contributed by atoms with Crippen molar-refractivity contribution in [3.63, 3.8) is 0 Å². The van der Waals surface area contributed by atoms with Crippen molar-refractivity contribution < 1.29 is 0 Å². The van der Waals surface area contributed by atoms with E-state index < -0.39 is 0 Å². The fraction of sp³-hybridized carbons (Fsp3) is 0.200. The lowest BCUT2D eigenvalue weighted by Gasteiger charge is -2.03. The summed E-state index contributed by atoms with van der Waals surface area (Å²) in [4.78, 5) is 0. The third-order valence-corrected chi connectivity index (χ3v) is 3.16. The van der Waals surface area contributed by atoms with E-state index in [1.165, 1.54) is 27.9 Å². The lowest BCUT2D eigenvalue weighted by molar-refractivity contribution is 1.27. The standard InChI is InChI=1S/C13H16.C7H8/c1-6-7-12-10(4)8-11(5)13(12)9(2)3;1-7-5-3-2-4-6-7/h6-7H,1,4-5,8H2,2-3H3;2-6H,1H3/b12-7+;. The van der Waals surface area contributed by atoms with Crippen molar-refractivity contribution in [3.05, 3.63) is 95.6 Å². The van der Waals surface area contributed by atoms with Gasteiger partial charge in [0.2, 0.25) is 0 Å². The molecule has 0 heterocycles. The second kappa shape index (κ2) is 7.49. The molecule has 0 nitrogen and oxygen atoms in total. The Morgan fingerprint density at radius 3 is 2.05 bits per heavy atom. The largest absolute Gasteiger partial charge is 0.0990 e.